The summed E-state index contributed by atoms with van der Waals surface area (Å²) in [5, 5.41) is 3.66. The molecule has 0 aromatic rings. The van der Waals surface area contributed by atoms with E-state index < -0.39 is 0 Å². The highest BCUT2D eigenvalue weighted by Gasteiger charge is 2.20. The molecule has 120 valence electrons. The molecule has 1 heterocycles. The van der Waals surface area contributed by atoms with E-state index in [1.165, 1.54) is 77.5 Å². The molecule has 1 aliphatic rings. The maximum Gasteiger partial charge on any atom is 0.00966 e. The first-order chi connectivity index (χ1) is 9.51. The van der Waals surface area contributed by atoms with Crippen molar-refractivity contribution in [3.63, 3.8) is 0 Å². The smallest absolute Gasteiger partial charge is 0.00966 e. The molecular formula is C18H38N2. The first-order valence-corrected chi connectivity index (χ1v) is 8.98. The van der Waals surface area contributed by atoms with Crippen LogP contribution in [0.1, 0.15) is 79.1 Å². The molecule has 0 bridgehead atoms. The summed E-state index contributed by atoms with van der Waals surface area (Å²) in [6.45, 7) is 14.3. The van der Waals surface area contributed by atoms with Gasteiger partial charge in [0.15, 0.2) is 0 Å². The highest BCUT2D eigenvalue weighted by Crippen LogP contribution is 2.18. The number of likely N-dealkylation sites (tertiary alicyclic amines) is 1. The van der Waals surface area contributed by atoms with Gasteiger partial charge in [0.1, 0.15) is 0 Å². The molecule has 0 saturated carbocycles. The molecule has 0 aromatic carbocycles. The van der Waals surface area contributed by atoms with E-state index >= 15 is 0 Å². The van der Waals surface area contributed by atoms with Gasteiger partial charge in [-0.15, -0.1) is 0 Å². The Labute approximate surface area is 127 Å². The van der Waals surface area contributed by atoms with Gasteiger partial charge in [-0.25, -0.2) is 0 Å². The molecule has 0 unspecified atom stereocenters. The van der Waals surface area contributed by atoms with Crippen molar-refractivity contribution in [3.8, 4) is 0 Å². The van der Waals surface area contributed by atoms with Gasteiger partial charge in [0, 0.05) is 5.54 Å². The maximum atomic E-state index is 3.66. The Morgan fingerprint density at radius 1 is 0.950 bits per heavy atom. The molecule has 1 saturated heterocycles. The van der Waals surface area contributed by atoms with Gasteiger partial charge in [0.05, 0.1) is 0 Å². The SMILES string of the molecule is CCCCCCCCN1CCC(CNC(C)(C)C)CC1. The summed E-state index contributed by atoms with van der Waals surface area (Å²) in [7, 11) is 0. The van der Waals surface area contributed by atoms with Crippen molar-refractivity contribution in [2.45, 2.75) is 84.6 Å². The standard InChI is InChI=1S/C18H38N2/c1-5-6-7-8-9-10-13-20-14-11-17(12-15-20)16-19-18(2,3)4/h17,19H,5-16H2,1-4H3. The van der Waals surface area contributed by atoms with Gasteiger partial charge in [-0.3, -0.25) is 0 Å². The van der Waals surface area contributed by atoms with E-state index in [2.05, 4.69) is 37.9 Å². The van der Waals surface area contributed by atoms with Crippen molar-refractivity contribution in [3.05, 3.63) is 0 Å². The number of unbranched alkanes of at least 4 members (excludes halogenated alkanes) is 5. The molecule has 0 amide bonds. The van der Waals surface area contributed by atoms with E-state index in [4.69, 9.17) is 0 Å². The second kappa shape index (κ2) is 9.78. The molecule has 1 aliphatic heterocycles. The monoisotopic (exact) mass is 282 g/mol. The summed E-state index contributed by atoms with van der Waals surface area (Å²) in [6.07, 6.45) is 11.3. The average molecular weight is 283 g/mol. The summed E-state index contributed by atoms with van der Waals surface area (Å²) in [5.74, 6) is 0.898. The second-order valence-corrected chi connectivity index (χ2v) is 7.68. The van der Waals surface area contributed by atoms with Crippen LogP contribution in [0.5, 0.6) is 0 Å². The Morgan fingerprint density at radius 3 is 2.15 bits per heavy atom. The lowest BCUT2D eigenvalue weighted by molar-refractivity contribution is 0.174. The third kappa shape index (κ3) is 8.97. The van der Waals surface area contributed by atoms with Crippen LogP contribution >= 0.6 is 0 Å². The summed E-state index contributed by atoms with van der Waals surface area (Å²) in [4.78, 5) is 2.69. The molecule has 0 aromatic heterocycles. The third-order valence-corrected chi connectivity index (χ3v) is 4.46. The van der Waals surface area contributed by atoms with Crippen molar-refractivity contribution < 1.29 is 0 Å². The fourth-order valence-electron chi connectivity index (χ4n) is 2.98. The number of hydrogen-bond donors (Lipinski definition) is 1. The van der Waals surface area contributed by atoms with Crippen molar-refractivity contribution in [2.75, 3.05) is 26.2 Å². The Balaban J connectivity index is 1.99. The van der Waals surface area contributed by atoms with Gasteiger partial charge in [0.2, 0.25) is 0 Å². The molecule has 20 heavy (non-hydrogen) atoms. The van der Waals surface area contributed by atoms with Crippen LogP contribution in [0.3, 0.4) is 0 Å². The van der Waals surface area contributed by atoms with Gasteiger partial charge in [0.25, 0.3) is 0 Å². The van der Waals surface area contributed by atoms with Crippen LogP contribution in [0.15, 0.2) is 0 Å². The van der Waals surface area contributed by atoms with E-state index in [1.807, 2.05) is 0 Å². The minimum absolute atomic E-state index is 0.273. The Morgan fingerprint density at radius 2 is 1.55 bits per heavy atom. The van der Waals surface area contributed by atoms with E-state index in [0.717, 1.165) is 5.92 Å². The molecule has 2 heteroatoms. The third-order valence-electron chi connectivity index (χ3n) is 4.46. The predicted octanol–water partition coefficient (Wildman–Crippen LogP) is 4.45. The maximum absolute atomic E-state index is 3.66. The average Bonchev–Trinajstić information content (AvgIpc) is 2.41. The lowest BCUT2D eigenvalue weighted by atomic mass is 9.95. The molecule has 0 atom stereocenters. The minimum atomic E-state index is 0.273. The predicted molar refractivity (Wildman–Crippen MR) is 90.3 cm³/mol. The molecule has 0 radical (unpaired) electrons. The fourth-order valence-corrected chi connectivity index (χ4v) is 2.98. The van der Waals surface area contributed by atoms with E-state index in [0.29, 0.717) is 0 Å². The number of nitrogens with one attached hydrogen (secondary N) is 1. The van der Waals surface area contributed by atoms with Gasteiger partial charge >= 0.3 is 0 Å². The van der Waals surface area contributed by atoms with Gasteiger partial charge in [-0.2, -0.15) is 0 Å². The summed E-state index contributed by atoms with van der Waals surface area (Å²) >= 11 is 0. The minimum Gasteiger partial charge on any atom is -0.312 e. The molecule has 1 fully saturated rings. The zero-order chi connectivity index (χ0) is 14.8. The van der Waals surface area contributed by atoms with Gasteiger partial charge < -0.3 is 10.2 Å². The van der Waals surface area contributed by atoms with E-state index in [1.54, 1.807) is 0 Å². The van der Waals surface area contributed by atoms with Crippen LogP contribution in [0.4, 0.5) is 0 Å². The molecule has 1 rings (SSSR count). The van der Waals surface area contributed by atoms with E-state index in [9.17, 15) is 0 Å². The largest absolute Gasteiger partial charge is 0.312 e. The molecule has 0 spiro atoms. The first-order valence-electron chi connectivity index (χ1n) is 8.98. The van der Waals surface area contributed by atoms with Crippen LogP contribution in [0.25, 0.3) is 0 Å². The van der Waals surface area contributed by atoms with Gasteiger partial charge in [-0.05, 0) is 72.1 Å². The number of piperidine rings is 1. The van der Waals surface area contributed by atoms with Crippen LogP contribution in [-0.2, 0) is 0 Å². The van der Waals surface area contributed by atoms with Crippen molar-refractivity contribution in [1.82, 2.24) is 10.2 Å². The first kappa shape index (κ1) is 18.0. The zero-order valence-electron chi connectivity index (χ0n) is 14.5. The zero-order valence-corrected chi connectivity index (χ0v) is 14.5. The van der Waals surface area contributed by atoms with Crippen molar-refractivity contribution in [1.29, 1.82) is 0 Å². The highest BCUT2D eigenvalue weighted by molar-refractivity contribution is 4.78. The lowest BCUT2D eigenvalue weighted by Gasteiger charge is -2.33. The number of nitrogens with zero attached hydrogens (tertiary/aromatic N) is 1. The Kier molecular flexibility index (Phi) is 8.79. The fraction of sp³-hybridized carbons (Fsp3) is 1.00. The Hall–Kier alpha value is -0.0800. The summed E-state index contributed by atoms with van der Waals surface area (Å²) in [6, 6.07) is 0. The topological polar surface area (TPSA) is 15.3 Å². The number of hydrogen-bond acceptors (Lipinski definition) is 2. The highest BCUT2D eigenvalue weighted by atomic mass is 15.1. The van der Waals surface area contributed by atoms with Crippen LogP contribution < -0.4 is 5.32 Å². The summed E-state index contributed by atoms with van der Waals surface area (Å²) < 4.78 is 0. The van der Waals surface area contributed by atoms with Crippen LogP contribution in [0, 0.1) is 5.92 Å². The molecular weight excluding hydrogens is 244 g/mol. The van der Waals surface area contributed by atoms with Gasteiger partial charge in [-0.1, -0.05) is 39.0 Å². The quantitative estimate of drug-likeness (QED) is 0.629. The van der Waals surface area contributed by atoms with Crippen LogP contribution in [0.2, 0.25) is 0 Å². The summed E-state index contributed by atoms with van der Waals surface area (Å²) in [5.41, 5.74) is 0.273. The molecule has 2 nitrogen and oxygen atoms in total. The van der Waals surface area contributed by atoms with Crippen LogP contribution in [-0.4, -0.2) is 36.6 Å². The number of rotatable bonds is 9. The lowest BCUT2D eigenvalue weighted by Crippen LogP contribution is -2.43. The Bertz CT molecular complexity index is 224. The normalized spacial score (nSPS) is 18.6. The van der Waals surface area contributed by atoms with Crippen molar-refractivity contribution >= 4 is 0 Å². The molecule has 0 aliphatic carbocycles. The second-order valence-electron chi connectivity index (χ2n) is 7.68. The van der Waals surface area contributed by atoms with Crippen molar-refractivity contribution in [2.24, 2.45) is 5.92 Å². The van der Waals surface area contributed by atoms with E-state index in [-0.39, 0.29) is 5.54 Å². The molecule has 1 N–H and O–H groups in total.